The number of benzene rings is 1. The van der Waals surface area contributed by atoms with Crippen molar-refractivity contribution in [1.82, 2.24) is 0 Å². The zero-order chi connectivity index (χ0) is 10.1. The number of rotatable bonds is 1. The Labute approximate surface area is 104 Å². The van der Waals surface area contributed by atoms with Crippen LogP contribution in [0.2, 0.25) is 0 Å². The first-order valence-corrected chi connectivity index (χ1v) is 6.41. The van der Waals surface area contributed by atoms with Crippen LogP contribution in [0.15, 0.2) is 17.5 Å². The molecule has 1 aromatic heterocycles. The van der Waals surface area contributed by atoms with Gasteiger partial charge in [-0.2, -0.15) is 5.26 Å². The van der Waals surface area contributed by atoms with E-state index in [4.69, 9.17) is 16.9 Å². The van der Waals surface area contributed by atoms with Crippen molar-refractivity contribution >= 4 is 55.6 Å². The molecular formula is C10H5ClINS. The van der Waals surface area contributed by atoms with Gasteiger partial charge in [-0.25, -0.2) is 0 Å². The molecule has 0 bridgehead atoms. The van der Waals surface area contributed by atoms with Crippen LogP contribution in [0.1, 0.15) is 11.1 Å². The number of hydrogen-bond donors (Lipinski definition) is 0. The third-order valence-electron chi connectivity index (χ3n) is 2.01. The minimum atomic E-state index is 0.495. The lowest BCUT2D eigenvalue weighted by Crippen LogP contribution is -1.83. The molecule has 0 N–H and O–H groups in total. The zero-order valence-corrected chi connectivity index (χ0v) is 10.8. The minimum Gasteiger partial charge on any atom is -0.192 e. The summed E-state index contributed by atoms with van der Waals surface area (Å²) in [7, 11) is 0. The van der Waals surface area contributed by atoms with Crippen LogP contribution in [-0.2, 0) is 5.88 Å². The Bertz CT molecular complexity index is 527. The molecule has 0 aliphatic rings. The number of halogens is 2. The molecule has 1 heterocycles. The summed E-state index contributed by atoms with van der Waals surface area (Å²) in [5.41, 5.74) is 1.84. The molecule has 0 unspecified atom stereocenters. The Morgan fingerprint density at radius 3 is 2.93 bits per heavy atom. The Balaban J connectivity index is 2.78. The van der Waals surface area contributed by atoms with E-state index in [1.54, 1.807) is 11.3 Å². The van der Waals surface area contributed by atoms with Gasteiger partial charge in [-0.3, -0.25) is 0 Å². The van der Waals surface area contributed by atoms with E-state index < -0.39 is 0 Å². The summed E-state index contributed by atoms with van der Waals surface area (Å²) in [6.45, 7) is 0. The van der Waals surface area contributed by atoms with Crippen molar-refractivity contribution in [2.75, 3.05) is 0 Å². The molecule has 0 fully saturated rings. The summed E-state index contributed by atoms with van der Waals surface area (Å²) in [5, 5.41) is 11.8. The monoisotopic (exact) mass is 333 g/mol. The highest BCUT2D eigenvalue weighted by molar-refractivity contribution is 14.1. The Kier molecular flexibility index (Phi) is 2.96. The van der Waals surface area contributed by atoms with Gasteiger partial charge in [0, 0.05) is 24.9 Å². The Hall–Kier alpha value is -0.310. The lowest BCUT2D eigenvalue weighted by Gasteiger charge is -2.00. The predicted molar refractivity (Wildman–Crippen MR) is 68.8 cm³/mol. The molecule has 0 amide bonds. The second-order valence-electron chi connectivity index (χ2n) is 2.83. The lowest BCUT2D eigenvalue weighted by atomic mass is 10.1. The van der Waals surface area contributed by atoms with Crippen molar-refractivity contribution in [2.24, 2.45) is 0 Å². The summed E-state index contributed by atoms with van der Waals surface area (Å²) in [6.07, 6.45) is 0. The van der Waals surface area contributed by atoms with Crippen molar-refractivity contribution in [3.63, 3.8) is 0 Å². The summed E-state index contributed by atoms with van der Waals surface area (Å²) in [5.74, 6) is 0.495. The molecule has 0 saturated carbocycles. The van der Waals surface area contributed by atoms with Gasteiger partial charge in [-0.15, -0.1) is 22.9 Å². The maximum atomic E-state index is 8.88. The highest BCUT2D eigenvalue weighted by Crippen LogP contribution is 2.29. The van der Waals surface area contributed by atoms with E-state index in [1.165, 1.54) is 0 Å². The van der Waals surface area contributed by atoms with Crippen LogP contribution in [-0.4, -0.2) is 0 Å². The molecule has 0 aliphatic heterocycles. The zero-order valence-electron chi connectivity index (χ0n) is 7.05. The van der Waals surface area contributed by atoms with E-state index in [2.05, 4.69) is 34.7 Å². The van der Waals surface area contributed by atoms with Gasteiger partial charge in [0.25, 0.3) is 0 Å². The summed E-state index contributed by atoms with van der Waals surface area (Å²) >= 11 is 9.68. The SMILES string of the molecule is N#Cc1csc2cc(I)c(CCl)cc12. The number of fused-ring (bicyclic) bond motifs is 1. The van der Waals surface area contributed by atoms with E-state index in [9.17, 15) is 0 Å². The first-order chi connectivity index (χ1) is 6.76. The first-order valence-electron chi connectivity index (χ1n) is 3.92. The predicted octanol–water partition coefficient (Wildman–Crippen LogP) is 4.12. The molecule has 1 aromatic carbocycles. The molecule has 0 radical (unpaired) electrons. The van der Waals surface area contributed by atoms with E-state index in [0.717, 1.165) is 24.8 Å². The van der Waals surface area contributed by atoms with Crippen LogP contribution in [0.4, 0.5) is 0 Å². The van der Waals surface area contributed by atoms with Gasteiger partial charge >= 0.3 is 0 Å². The second-order valence-corrected chi connectivity index (χ2v) is 5.18. The molecule has 70 valence electrons. The Morgan fingerprint density at radius 2 is 2.29 bits per heavy atom. The van der Waals surface area contributed by atoms with Crippen LogP contribution in [0.5, 0.6) is 0 Å². The third kappa shape index (κ3) is 1.62. The van der Waals surface area contributed by atoms with Crippen molar-refractivity contribution < 1.29 is 0 Å². The average molecular weight is 334 g/mol. The topological polar surface area (TPSA) is 23.8 Å². The third-order valence-corrected chi connectivity index (χ3v) is 4.24. The molecule has 2 aromatic rings. The van der Waals surface area contributed by atoms with E-state index in [-0.39, 0.29) is 0 Å². The van der Waals surface area contributed by atoms with E-state index >= 15 is 0 Å². The molecule has 1 nitrogen and oxygen atoms in total. The van der Waals surface area contributed by atoms with Gasteiger partial charge < -0.3 is 0 Å². The van der Waals surface area contributed by atoms with Gasteiger partial charge in [0.15, 0.2) is 0 Å². The number of thiophene rings is 1. The maximum absolute atomic E-state index is 8.88. The lowest BCUT2D eigenvalue weighted by molar-refractivity contribution is 1.39. The van der Waals surface area contributed by atoms with Crippen LogP contribution in [0.25, 0.3) is 10.1 Å². The van der Waals surface area contributed by atoms with Crippen LogP contribution in [0.3, 0.4) is 0 Å². The van der Waals surface area contributed by atoms with Crippen LogP contribution < -0.4 is 0 Å². The van der Waals surface area contributed by atoms with Crippen LogP contribution in [0, 0.1) is 14.9 Å². The molecular weight excluding hydrogens is 329 g/mol. The quantitative estimate of drug-likeness (QED) is 0.569. The number of hydrogen-bond acceptors (Lipinski definition) is 2. The fraction of sp³-hybridized carbons (Fsp3) is 0.100. The average Bonchev–Trinajstić information content (AvgIpc) is 2.58. The molecule has 4 heteroatoms. The van der Waals surface area contributed by atoms with E-state index in [1.807, 2.05) is 11.4 Å². The molecule has 0 spiro atoms. The molecule has 0 atom stereocenters. The largest absolute Gasteiger partial charge is 0.192 e. The number of alkyl halides is 1. The number of nitriles is 1. The molecule has 2 rings (SSSR count). The van der Waals surface area contributed by atoms with Crippen LogP contribution >= 0.6 is 45.5 Å². The first kappa shape index (κ1) is 10.2. The Morgan fingerprint density at radius 1 is 1.50 bits per heavy atom. The standard InChI is InChI=1S/C10H5ClINS/c11-3-6-1-8-7(4-13)5-14-10(8)2-9(6)12/h1-2,5H,3H2. The van der Waals surface area contributed by atoms with Crippen molar-refractivity contribution in [1.29, 1.82) is 5.26 Å². The molecule has 0 saturated heterocycles. The van der Waals surface area contributed by atoms with Gasteiger partial charge in [0.1, 0.15) is 6.07 Å². The summed E-state index contributed by atoms with van der Waals surface area (Å²) < 4.78 is 2.32. The minimum absolute atomic E-state index is 0.495. The second kappa shape index (κ2) is 4.05. The van der Waals surface area contributed by atoms with Gasteiger partial charge in [0.05, 0.1) is 5.56 Å². The highest BCUT2D eigenvalue weighted by Gasteiger charge is 2.07. The van der Waals surface area contributed by atoms with Crippen molar-refractivity contribution in [3.8, 4) is 6.07 Å². The van der Waals surface area contributed by atoms with Gasteiger partial charge in [-0.05, 0) is 40.3 Å². The normalized spacial score (nSPS) is 10.4. The maximum Gasteiger partial charge on any atom is 0.101 e. The van der Waals surface area contributed by atoms with Gasteiger partial charge in [0.2, 0.25) is 0 Å². The fourth-order valence-corrected chi connectivity index (χ4v) is 3.50. The summed E-state index contributed by atoms with van der Waals surface area (Å²) in [4.78, 5) is 0. The summed E-state index contributed by atoms with van der Waals surface area (Å²) in [6, 6.07) is 6.28. The fourth-order valence-electron chi connectivity index (χ4n) is 1.28. The molecule has 14 heavy (non-hydrogen) atoms. The van der Waals surface area contributed by atoms with Crippen molar-refractivity contribution in [3.05, 3.63) is 32.2 Å². The smallest absolute Gasteiger partial charge is 0.101 e. The molecule has 0 aliphatic carbocycles. The van der Waals surface area contributed by atoms with Crippen molar-refractivity contribution in [2.45, 2.75) is 5.88 Å². The number of nitrogens with zero attached hydrogens (tertiary/aromatic N) is 1. The highest BCUT2D eigenvalue weighted by atomic mass is 127. The van der Waals surface area contributed by atoms with E-state index in [0.29, 0.717) is 5.88 Å². The van der Waals surface area contributed by atoms with Gasteiger partial charge in [-0.1, -0.05) is 0 Å².